The predicted molar refractivity (Wildman–Crippen MR) is 184 cm³/mol. The van der Waals surface area contributed by atoms with Gasteiger partial charge in [-0.05, 0) is 80.6 Å². The predicted octanol–water partition coefficient (Wildman–Crippen LogP) is 6.12. The second kappa shape index (κ2) is 15.3. The van der Waals surface area contributed by atoms with E-state index in [9.17, 15) is 14.3 Å². The van der Waals surface area contributed by atoms with Crippen LogP contribution in [-0.2, 0) is 17.6 Å². The molecule has 3 aromatic rings. The number of nitrogens with zero attached hydrogens (tertiary/aromatic N) is 4. The van der Waals surface area contributed by atoms with Gasteiger partial charge in [0.2, 0.25) is 0 Å². The van der Waals surface area contributed by atoms with Crippen LogP contribution in [0.1, 0.15) is 49.9 Å². The lowest BCUT2D eigenvalue weighted by molar-refractivity contribution is -0.136. The van der Waals surface area contributed by atoms with Crippen LogP contribution in [0.25, 0.3) is 11.1 Å². The molecule has 5 rings (SSSR count). The topological polar surface area (TPSA) is 81.2 Å². The Hall–Kier alpha value is -3.69. The van der Waals surface area contributed by atoms with E-state index in [0.29, 0.717) is 13.0 Å². The van der Waals surface area contributed by atoms with E-state index >= 15 is 0 Å². The van der Waals surface area contributed by atoms with Crippen LogP contribution in [0.3, 0.4) is 0 Å². The quantitative estimate of drug-likeness (QED) is 0.219. The Morgan fingerprint density at radius 3 is 2.33 bits per heavy atom. The van der Waals surface area contributed by atoms with Crippen molar-refractivity contribution in [2.24, 2.45) is 5.41 Å². The third-order valence-corrected chi connectivity index (χ3v) is 9.49. The maximum atomic E-state index is 13.3. The van der Waals surface area contributed by atoms with Crippen molar-refractivity contribution in [2.45, 2.75) is 52.9 Å². The van der Waals surface area contributed by atoms with E-state index in [0.717, 1.165) is 117 Å². The molecule has 9 heteroatoms. The number of aliphatic carboxylic acids is 1. The molecular weight excluding hydrogens is 581 g/mol. The van der Waals surface area contributed by atoms with Gasteiger partial charge in [-0.3, -0.25) is 4.79 Å². The number of benzene rings is 2. The van der Waals surface area contributed by atoms with Crippen molar-refractivity contribution in [3.05, 3.63) is 71.2 Å². The Bertz CT molecular complexity index is 1440. The highest BCUT2D eigenvalue weighted by Gasteiger charge is 2.31. The Balaban J connectivity index is 1.41. The molecule has 1 aromatic heterocycles. The number of carboxylic acid groups (broad SMARTS) is 1. The number of likely N-dealkylation sites (N-methyl/N-ethyl adjacent to an activating group) is 1. The lowest BCUT2D eigenvalue weighted by atomic mass is 9.82. The first-order chi connectivity index (χ1) is 22.1. The minimum absolute atomic E-state index is 0.0741. The first-order valence-electron chi connectivity index (χ1n) is 16.7. The summed E-state index contributed by atoms with van der Waals surface area (Å²) in [6.45, 7) is 15.0. The molecule has 2 N–H and O–H groups in total. The normalized spacial score (nSPS) is 17.2. The van der Waals surface area contributed by atoms with Crippen LogP contribution in [0.4, 0.5) is 15.9 Å². The fourth-order valence-electron chi connectivity index (χ4n) is 6.41. The van der Waals surface area contributed by atoms with Crippen molar-refractivity contribution in [3.8, 4) is 16.9 Å². The standard InChI is InChI=1S/C37H50FN5O3/c1-27-32(26-33(44)45)35(43-19-15-37(2,3)16-20-43)34(36(40-27)39-17-5-18-42-23-21-41(4)22-24-42)29-8-12-31(13-9-29)46-25-14-28-6-10-30(38)11-7-28/h6-13H,5,14-26H2,1-4H3,(H,39,40)(H,44,45). The van der Waals surface area contributed by atoms with Gasteiger partial charge in [0.15, 0.2) is 0 Å². The maximum absolute atomic E-state index is 13.3. The highest BCUT2D eigenvalue weighted by atomic mass is 19.1. The Morgan fingerprint density at radius 1 is 1.00 bits per heavy atom. The number of carbonyl (C=O) groups is 1. The van der Waals surface area contributed by atoms with Gasteiger partial charge in [0.05, 0.1) is 18.7 Å². The number of pyridine rings is 1. The average Bonchev–Trinajstić information content (AvgIpc) is 3.02. The highest BCUT2D eigenvalue weighted by Crippen LogP contribution is 2.43. The van der Waals surface area contributed by atoms with Crippen molar-refractivity contribution < 1.29 is 19.0 Å². The fraction of sp³-hybridized carbons (Fsp3) is 0.514. The first kappa shape index (κ1) is 33.7. The van der Waals surface area contributed by atoms with Crippen molar-refractivity contribution in [2.75, 3.05) is 76.2 Å². The van der Waals surface area contributed by atoms with E-state index in [1.165, 1.54) is 12.1 Å². The van der Waals surface area contributed by atoms with E-state index in [4.69, 9.17) is 9.72 Å². The van der Waals surface area contributed by atoms with Gasteiger partial charge in [-0.2, -0.15) is 0 Å². The summed E-state index contributed by atoms with van der Waals surface area (Å²) in [4.78, 5) is 24.4. The van der Waals surface area contributed by atoms with Crippen molar-refractivity contribution in [1.82, 2.24) is 14.8 Å². The molecule has 2 saturated heterocycles. The van der Waals surface area contributed by atoms with Gasteiger partial charge in [0.25, 0.3) is 0 Å². The fourth-order valence-corrected chi connectivity index (χ4v) is 6.41. The van der Waals surface area contributed by atoms with E-state index < -0.39 is 5.97 Å². The number of aromatic nitrogens is 1. The second-order valence-corrected chi connectivity index (χ2v) is 13.6. The van der Waals surface area contributed by atoms with Gasteiger partial charge < -0.3 is 29.9 Å². The number of aryl methyl sites for hydroxylation is 1. The van der Waals surface area contributed by atoms with Crippen LogP contribution >= 0.6 is 0 Å². The van der Waals surface area contributed by atoms with Crippen LogP contribution in [0.15, 0.2) is 48.5 Å². The summed E-state index contributed by atoms with van der Waals surface area (Å²) in [6.07, 6.45) is 3.67. The van der Waals surface area contributed by atoms with Gasteiger partial charge in [-0.15, -0.1) is 0 Å². The Kier molecular flexibility index (Phi) is 11.2. The molecule has 0 radical (unpaired) electrons. The van der Waals surface area contributed by atoms with Crippen LogP contribution < -0.4 is 15.0 Å². The lowest BCUT2D eigenvalue weighted by Gasteiger charge is -2.40. The SMILES string of the molecule is Cc1nc(NCCCN2CCN(C)CC2)c(-c2ccc(OCCc3ccc(F)cc3)cc2)c(N2CCC(C)(C)CC2)c1CC(=O)O. The third kappa shape index (κ3) is 8.97. The molecule has 46 heavy (non-hydrogen) atoms. The zero-order valence-electron chi connectivity index (χ0n) is 27.9. The Morgan fingerprint density at radius 2 is 1.67 bits per heavy atom. The number of piperazine rings is 1. The lowest BCUT2D eigenvalue weighted by Crippen LogP contribution is -2.44. The number of nitrogens with one attached hydrogen (secondary N) is 1. The average molecular weight is 632 g/mol. The summed E-state index contributed by atoms with van der Waals surface area (Å²) in [5, 5.41) is 13.6. The zero-order valence-corrected chi connectivity index (χ0v) is 27.9. The summed E-state index contributed by atoms with van der Waals surface area (Å²) in [5.74, 6) is 0.454. The minimum atomic E-state index is -0.854. The number of anilines is 2. The van der Waals surface area contributed by atoms with E-state index in [-0.39, 0.29) is 17.7 Å². The summed E-state index contributed by atoms with van der Waals surface area (Å²) < 4.78 is 19.3. The molecule has 2 aliphatic heterocycles. The molecule has 8 nitrogen and oxygen atoms in total. The molecule has 3 heterocycles. The van der Waals surface area contributed by atoms with Gasteiger partial charge in [-0.25, -0.2) is 9.37 Å². The second-order valence-electron chi connectivity index (χ2n) is 13.6. The number of carboxylic acids is 1. The molecular formula is C37H50FN5O3. The van der Waals surface area contributed by atoms with Crippen LogP contribution in [0.2, 0.25) is 0 Å². The van der Waals surface area contributed by atoms with Gasteiger partial charge >= 0.3 is 5.97 Å². The Labute approximate surface area is 273 Å². The summed E-state index contributed by atoms with van der Waals surface area (Å²) in [7, 11) is 2.18. The summed E-state index contributed by atoms with van der Waals surface area (Å²) >= 11 is 0. The maximum Gasteiger partial charge on any atom is 0.307 e. The molecule has 0 aliphatic carbocycles. The number of piperidine rings is 1. The number of rotatable bonds is 13. The molecule has 2 aromatic carbocycles. The first-order valence-corrected chi connectivity index (χ1v) is 16.7. The van der Waals surface area contributed by atoms with Gasteiger partial charge in [-0.1, -0.05) is 38.1 Å². The highest BCUT2D eigenvalue weighted by molar-refractivity contribution is 5.91. The monoisotopic (exact) mass is 631 g/mol. The number of halogens is 1. The van der Waals surface area contributed by atoms with E-state index in [1.54, 1.807) is 12.1 Å². The summed E-state index contributed by atoms with van der Waals surface area (Å²) in [5.41, 5.74) is 5.73. The molecule has 0 bridgehead atoms. The van der Waals surface area contributed by atoms with Gasteiger partial charge in [0.1, 0.15) is 17.4 Å². The molecule has 0 spiro atoms. The molecule has 2 aliphatic rings. The van der Waals surface area contributed by atoms with Crippen molar-refractivity contribution in [1.29, 1.82) is 0 Å². The number of ether oxygens (including phenoxy) is 1. The van der Waals surface area contributed by atoms with Crippen LogP contribution in [0, 0.1) is 18.2 Å². The molecule has 0 atom stereocenters. The molecule has 2 fully saturated rings. The third-order valence-electron chi connectivity index (χ3n) is 9.49. The largest absolute Gasteiger partial charge is 0.493 e. The molecule has 0 amide bonds. The molecule has 0 saturated carbocycles. The smallest absolute Gasteiger partial charge is 0.307 e. The van der Waals surface area contributed by atoms with Crippen molar-refractivity contribution in [3.63, 3.8) is 0 Å². The van der Waals surface area contributed by atoms with Crippen LogP contribution in [-0.4, -0.2) is 91.9 Å². The van der Waals surface area contributed by atoms with Crippen molar-refractivity contribution >= 4 is 17.5 Å². The molecule has 0 unspecified atom stereocenters. The summed E-state index contributed by atoms with van der Waals surface area (Å²) in [6, 6.07) is 14.5. The zero-order chi connectivity index (χ0) is 32.7. The number of hydrogen-bond acceptors (Lipinski definition) is 7. The van der Waals surface area contributed by atoms with Crippen LogP contribution in [0.5, 0.6) is 5.75 Å². The van der Waals surface area contributed by atoms with E-state index in [1.807, 2.05) is 19.1 Å². The van der Waals surface area contributed by atoms with E-state index in [2.05, 4.69) is 53.0 Å². The van der Waals surface area contributed by atoms with Gasteiger partial charge in [0, 0.05) is 69.1 Å². The molecule has 248 valence electrons. The number of hydrogen-bond donors (Lipinski definition) is 2. The minimum Gasteiger partial charge on any atom is -0.493 e.